The molecule has 4 nitrogen and oxygen atoms in total. The maximum Gasteiger partial charge on any atom is 0.247 e. The Morgan fingerprint density at radius 3 is 2.60 bits per heavy atom. The predicted molar refractivity (Wildman–Crippen MR) is 84.3 cm³/mol. The van der Waals surface area contributed by atoms with E-state index >= 15 is 0 Å². The number of carbonyl (C=O) groups excluding carboxylic acids is 1. The van der Waals surface area contributed by atoms with Crippen molar-refractivity contribution in [3.8, 4) is 0 Å². The molecule has 1 saturated heterocycles. The van der Waals surface area contributed by atoms with Gasteiger partial charge in [0.15, 0.2) is 0 Å². The lowest BCUT2D eigenvalue weighted by atomic mass is 10.1. The van der Waals surface area contributed by atoms with Crippen molar-refractivity contribution in [3.05, 3.63) is 36.4 Å². The fourth-order valence-corrected chi connectivity index (χ4v) is 2.49. The van der Waals surface area contributed by atoms with Crippen LogP contribution in [0.5, 0.6) is 0 Å². The Morgan fingerprint density at radius 2 is 2.05 bits per heavy atom. The van der Waals surface area contributed by atoms with Gasteiger partial charge in [0, 0.05) is 37.6 Å². The minimum atomic E-state index is -0.169. The maximum absolute atomic E-state index is 11.3. The van der Waals surface area contributed by atoms with Crippen LogP contribution in [0.15, 0.2) is 30.9 Å². The van der Waals surface area contributed by atoms with Gasteiger partial charge in [-0.1, -0.05) is 13.5 Å². The lowest BCUT2D eigenvalue weighted by Crippen LogP contribution is -2.46. The Kier molecular flexibility index (Phi) is 4.79. The average Bonchev–Trinajstić information content (AvgIpc) is 2.49. The van der Waals surface area contributed by atoms with Gasteiger partial charge in [-0.3, -0.25) is 4.79 Å². The normalized spacial score (nSPS) is 16.0. The average molecular weight is 273 g/mol. The molecule has 1 aromatic carbocycles. The van der Waals surface area contributed by atoms with Gasteiger partial charge < -0.3 is 15.1 Å². The molecule has 20 heavy (non-hydrogen) atoms. The molecule has 0 spiro atoms. The number of anilines is 2. The number of nitrogens with one attached hydrogen (secondary N) is 1. The summed E-state index contributed by atoms with van der Waals surface area (Å²) in [7, 11) is 0. The number of hydrogen-bond donors (Lipinski definition) is 1. The highest BCUT2D eigenvalue weighted by Gasteiger charge is 2.16. The number of amides is 1. The number of aryl methyl sites for hydroxylation is 1. The SMILES string of the molecule is C=CC(=O)Nc1ccc(N2CCN(CC)CC2)cc1C. The third kappa shape index (κ3) is 3.39. The van der Waals surface area contributed by atoms with Crippen molar-refractivity contribution in [2.24, 2.45) is 0 Å². The number of hydrogen-bond acceptors (Lipinski definition) is 3. The second kappa shape index (κ2) is 6.57. The van der Waals surface area contributed by atoms with Crippen LogP contribution in [0.1, 0.15) is 12.5 Å². The molecule has 1 aliphatic heterocycles. The van der Waals surface area contributed by atoms with E-state index in [0.29, 0.717) is 0 Å². The number of likely N-dealkylation sites (N-methyl/N-ethyl adjacent to an activating group) is 1. The van der Waals surface area contributed by atoms with E-state index in [1.807, 2.05) is 13.0 Å². The number of piperazine rings is 1. The van der Waals surface area contributed by atoms with E-state index in [-0.39, 0.29) is 5.91 Å². The van der Waals surface area contributed by atoms with E-state index in [2.05, 4.69) is 40.8 Å². The molecule has 1 N–H and O–H groups in total. The van der Waals surface area contributed by atoms with E-state index < -0.39 is 0 Å². The first-order chi connectivity index (χ1) is 9.63. The molecule has 4 heteroatoms. The van der Waals surface area contributed by atoms with Crippen molar-refractivity contribution >= 4 is 17.3 Å². The summed E-state index contributed by atoms with van der Waals surface area (Å²) in [5, 5.41) is 2.82. The van der Waals surface area contributed by atoms with Crippen LogP contribution >= 0.6 is 0 Å². The highest BCUT2D eigenvalue weighted by molar-refractivity contribution is 5.99. The fourth-order valence-electron chi connectivity index (χ4n) is 2.49. The van der Waals surface area contributed by atoms with Gasteiger partial charge >= 0.3 is 0 Å². The van der Waals surface area contributed by atoms with Gasteiger partial charge in [0.1, 0.15) is 0 Å². The molecule has 0 unspecified atom stereocenters. The first-order valence-electron chi connectivity index (χ1n) is 7.15. The number of carbonyl (C=O) groups is 1. The molecule has 0 atom stereocenters. The monoisotopic (exact) mass is 273 g/mol. The van der Waals surface area contributed by atoms with Crippen LogP contribution in [0.25, 0.3) is 0 Å². The van der Waals surface area contributed by atoms with Crippen LogP contribution in [0.2, 0.25) is 0 Å². The van der Waals surface area contributed by atoms with Gasteiger partial charge in [0.05, 0.1) is 0 Å². The van der Waals surface area contributed by atoms with E-state index in [1.54, 1.807) is 0 Å². The molecule has 0 aliphatic carbocycles. The van der Waals surface area contributed by atoms with E-state index in [4.69, 9.17) is 0 Å². The molecule has 1 aliphatic rings. The Hall–Kier alpha value is -1.81. The summed E-state index contributed by atoms with van der Waals surface area (Å²) < 4.78 is 0. The second-order valence-electron chi connectivity index (χ2n) is 5.11. The molecule has 1 amide bonds. The summed E-state index contributed by atoms with van der Waals surface area (Å²) in [5.41, 5.74) is 3.16. The van der Waals surface area contributed by atoms with Crippen molar-refractivity contribution in [1.29, 1.82) is 0 Å². The summed E-state index contributed by atoms with van der Waals surface area (Å²) in [6.45, 7) is 13.2. The smallest absolute Gasteiger partial charge is 0.247 e. The van der Waals surface area contributed by atoms with Gasteiger partial charge in [0.2, 0.25) is 5.91 Å². The predicted octanol–water partition coefficient (Wildman–Crippen LogP) is 2.26. The molecule has 1 fully saturated rings. The molecular weight excluding hydrogens is 250 g/mol. The zero-order valence-corrected chi connectivity index (χ0v) is 12.4. The molecule has 108 valence electrons. The van der Waals surface area contributed by atoms with Crippen molar-refractivity contribution in [2.75, 3.05) is 42.9 Å². The van der Waals surface area contributed by atoms with Crippen molar-refractivity contribution in [1.82, 2.24) is 4.90 Å². The standard InChI is InChI=1S/C16H23N3O/c1-4-16(20)17-15-7-6-14(12-13(15)3)19-10-8-18(5-2)9-11-19/h4,6-7,12H,1,5,8-11H2,2-3H3,(H,17,20). The largest absolute Gasteiger partial charge is 0.369 e. The van der Waals surface area contributed by atoms with Gasteiger partial charge in [-0.25, -0.2) is 0 Å². The topological polar surface area (TPSA) is 35.6 Å². The minimum absolute atomic E-state index is 0.169. The van der Waals surface area contributed by atoms with Crippen molar-refractivity contribution in [2.45, 2.75) is 13.8 Å². The van der Waals surface area contributed by atoms with Crippen LogP contribution in [-0.4, -0.2) is 43.5 Å². The summed E-state index contributed by atoms with van der Waals surface area (Å²) in [5.74, 6) is -0.169. The van der Waals surface area contributed by atoms with Crippen molar-refractivity contribution in [3.63, 3.8) is 0 Å². The van der Waals surface area contributed by atoms with Crippen LogP contribution in [0.3, 0.4) is 0 Å². The van der Waals surface area contributed by atoms with Crippen molar-refractivity contribution < 1.29 is 4.79 Å². The summed E-state index contributed by atoms with van der Waals surface area (Å²) >= 11 is 0. The zero-order valence-electron chi connectivity index (χ0n) is 12.4. The maximum atomic E-state index is 11.3. The Labute approximate surface area is 121 Å². The van der Waals surface area contributed by atoms with Crippen LogP contribution in [0, 0.1) is 6.92 Å². The number of benzene rings is 1. The lowest BCUT2D eigenvalue weighted by Gasteiger charge is -2.35. The first kappa shape index (κ1) is 14.6. The van der Waals surface area contributed by atoms with Crippen LogP contribution in [0.4, 0.5) is 11.4 Å². The molecular formula is C16H23N3O. The molecule has 0 aromatic heterocycles. The summed E-state index contributed by atoms with van der Waals surface area (Å²) in [6, 6.07) is 6.19. The Bertz CT molecular complexity index is 490. The van der Waals surface area contributed by atoms with E-state index in [1.165, 1.54) is 11.8 Å². The minimum Gasteiger partial charge on any atom is -0.369 e. The van der Waals surface area contributed by atoms with Gasteiger partial charge in [-0.05, 0) is 43.3 Å². The lowest BCUT2D eigenvalue weighted by molar-refractivity contribution is -0.111. The summed E-state index contributed by atoms with van der Waals surface area (Å²) in [6.07, 6.45) is 1.29. The molecule has 1 heterocycles. The van der Waals surface area contributed by atoms with E-state index in [0.717, 1.165) is 44.0 Å². The molecule has 0 bridgehead atoms. The Balaban J connectivity index is 2.05. The van der Waals surface area contributed by atoms with Gasteiger partial charge in [-0.2, -0.15) is 0 Å². The quantitative estimate of drug-likeness (QED) is 0.855. The highest BCUT2D eigenvalue weighted by atomic mass is 16.1. The first-order valence-corrected chi connectivity index (χ1v) is 7.15. The second-order valence-corrected chi connectivity index (χ2v) is 5.11. The van der Waals surface area contributed by atoms with Gasteiger partial charge in [0.25, 0.3) is 0 Å². The third-order valence-corrected chi connectivity index (χ3v) is 3.84. The van der Waals surface area contributed by atoms with Crippen LogP contribution < -0.4 is 10.2 Å². The molecule has 0 saturated carbocycles. The number of nitrogens with zero attached hydrogens (tertiary/aromatic N) is 2. The molecule has 1 aromatic rings. The van der Waals surface area contributed by atoms with E-state index in [9.17, 15) is 4.79 Å². The highest BCUT2D eigenvalue weighted by Crippen LogP contribution is 2.23. The molecule has 0 radical (unpaired) electrons. The Morgan fingerprint density at radius 1 is 1.35 bits per heavy atom. The third-order valence-electron chi connectivity index (χ3n) is 3.84. The molecule has 2 rings (SSSR count). The fraction of sp³-hybridized carbons (Fsp3) is 0.438. The number of rotatable bonds is 4. The summed E-state index contributed by atoms with van der Waals surface area (Å²) in [4.78, 5) is 16.2. The zero-order chi connectivity index (χ0) is 14.5. The van der Waals surface area contributed by atoms with Gasteiger partial charge in [-0.15, -0.1) is 0 Å². The van der Waals surface area contributed by atoms with Crippen LogP contribution in [-0.2, 0) is 4.79 Å².